The monoisotopic (exact) mass is 352 g/mol. The fraction of sp³-hybridized carbons (Fsp3) is 0.176. The average molecular weight is 352 g/mol. The van der Waals surface area contributed by atoms with Gasteiger partial charge in [0.25, 0.3) is 0 Å². The molecular formula is C17H16N6OS. The zero-order valence-corrected chi connectivity index (χ0v) is 14.8. The average Bonchev–Trinajstić information content (AvgIpc) is 2.90. The smallest absolute Gasteiger partial charge is 0.189 e. The molecule has 2 N–H and O–H groups in total. The number of nitrogens with zero attached hydrogens (tertiary/aromatic N) is 4. The van der Waals surface area contributed by atoms with Gasteiger partial charge in [0.1, 0.15) is 17.3 Å². The Balaban J connectivity index is 1.93. The highest BCUT2D eigenvalue weighted by atomic mass is 32.2. The van der Waals surface area contributed by atoms with Crippen molar-refractivity contribution in [2.75, 3.05) is 18.7 Å². The number of benzene rings is 1. The van der Waals surface area contributed by atoms with E-state index in [1.165, 1.54) is 11.8 Å². The van der Waals surface area contributed by atoms with Crippen LogP contribution < -0.4 is 10.1 Å². The lowest BCUT2D eigenvalue weighted by Crippen LogP contribution is -2.08. The third-order valence-corrected chi connectivity index (χ3v) is 4.50. The van der Waals surface area contributed by atoms with Gasteiger partial charge in [-0.3, -0.25) is 5.10 Å². The summed E-state index contributed by atoms with van der Waals surface area (Å²) in [6, 6.07) is 7.78. The van der Waals surface area contributed by atoms with E-state index in [2.05, 4.69) is 25.5 Å². The van der Waals surface area contributed by atoms with Crippen molar-refractivity contribution >= 4 is 34.8 Å². The maximum atomic E-state index is 5.25. The van der Waals surface area contributed by atoms with Gasteiger partial charge in [0.15, 0.2) is 11.0 Å². The third-order valence-electron chi connectivity index (χ3n) is 3.94. The standard InChI is InChI=1S/C17H16N6OS/c1-9-13-16(23-22-9)20-15-12(8-18-17(21-15)25-3)14(19-13)10-4-6-11(24-2)7-5-10/h4-8H,1-3H3,(H2,18,20,21,22,23). The minimum atomic E-state index is 0.660. The Morgan fingerprint density at radius 2 is 1.92 bits per heavy atom. The molecule has 0 unspecified atom stereocenters. The predicted molar refractivity (Wildman–Crippen MR) is 98.7 cm³/mol. The second-order valence-electron chi connectivity index (χ2n) is 5.48. The summed E-state index contributed by atoms with van der Waals surface area (Å²) in [5.41, 5.74) is 4.24. The lowest BCUT2D eigenvalue weighted by Gasteiger charge is -2.10. The lowest BCUT2D eigenvalue weighted by molar-refractivity contribution is 0.415. The molecule has 7 nitrogen and oxygen atoms in total. The van der Waals surface area contributed by atoms with Crippen LogP contribution in [0.2, 0.25) is 0 Å². The van der Waals surface area contributed by atoms with E-state index in [-0.39, 0.29) is 0 Å². The number of aromatic amines is 1. The highest BCUT2D eigenvalue weighted by Crippen LogP contribution is 2.35. The van der Waals surface area contributed by atoms with Crippen molar-refractivity contribution < 1.29 is 4.74 Å². The molecule has 1 aliphatic rings. The zero-order chi connectivity index (χ0) is 17.4. The number of H-pyrrole nitrogens is 1. The van der Waals surface area contributed by atoms with E-state index in [1.807, 2.05) is 37.4 Å². The van der Waals surface area contributed by atoms with Gasteiger partial charge in [0.05, 0.1) is 24.1 Å². The van der Waals surface area contributed by atoms with Crippen molar-refractivity contribution in [3.05, 3.63) is 47.3 Å². The molecule has 1 aromatic carbocycles. The predicted octanol–water partition coefficient (Wildman–Crippen LogP) is 3.46. The molecule has 0 saturated heterocycles. The Kier molecular flexibility index (Phi) is 3.89. The van der Waals surface area contributed by atoms with Crippen LogP contribution in [0.4, 0.5) is 17.3 Å². The number of aliphatic imine (C=N–C) groups is 1. The number of hydrogen-bond donors (Lipinski definition) is 2. The molecule has 0 aliphatic carbocycles. The molecule has 3 heterocycles. The first-order chi connectivity index (χ1) is 12.2. The highest BCUT2D eigenvalue weighted by molar-refractivity contribution is 7.98. The first kappa shape index (κ1) is 15.6. The Morgan fingerprint density at radius 3 is 2.64 bits per heavy atom. The molecular weight excluding hydrogens is 336 g/mol. The van der Waals surface area contributed by atoms with Crippen LogP contribution >= 0.6 is 11.8 Å². The topological polar surface area (TPSA) is 88.1 Å². The molecule has 4 rings (SSSR count). The van der Waals surface area contributed by atoms with Crippen molar-refractivity contribution in [2.24, 2.45) is 4.99 Å². The summed E-state index contributed by atoms with van der Waals surface area (Å²) in [5, 5.41) is 11.2. The van der Waals surface area contributed by atoms with Gasteiger partial charge in [-0.15, -0.1) is 0 Å². The molecule has 0 fully saturated rings. The largest absolute Gasteiger partial charge is 0.497 e. The van der Waals surface area contributed by atoms with Crippen molar-refractivity contribution in [2.45, 2.75) is 12.1 Å². The SMILES string of the molecule is COc1ccc(C2=Nc3c(n[nH]c3C)Nc3nc(SC)ncc32)cc1. The van der Waals surface area contributed by atoms with Gasteiger partial charge < -0.3 is 10.1 Å². The zero-order valence-electron chi connectivity index (χ0n) is 14.0. The Hall–Kier alpha value is -2.87. The number of aromatic nitrogens is 4. The van der Waals surface area contributed by atoms with Crippen LogP contribution in [0, 0.1) is 6.92 Å². The second kappa shape index (κ2) is 6.21. The minimum Gasteiger partial charge on any atom is -0.497 e. The maximum absolute atomic E-state index is 5.25. The third kappa shape index (κ3) is 2.74. The first-order valence-electron chi connectivity index (χ1n) is 7.66. The number of rotatable bonds is 3. The van der Waals surface area contributed by atoms with Crippen LogP contribution in [-0.4, -0.2) is 39.2 Å². The molecule has 1 aliphatic heterocycles. The fourth-order valence-corrected chi connectivity index (χ4v) is 2.97. The van der Waals surface area contributed by atoms with E-state index in [0.29, 0.717) is 16.8 Å². The summed E-state index contributed by atoms with van der Waals surface area (Å²) < 4.78 is 5.25. The molecule has 0 bridgehead atoms. The van der Waals surface area contributed by atoms with E-state index in [4.69, 9.17) is 9.73 Å². The summed E-state index contributed by atoms with van der Waals surface area (Å²) in [6.45, 7) is 1.94. The number of fused-ring (bicyclic) bond motifs is 2. The van der Waals surface area contributed by atoms with Crippen LogP contribution in [0.25, 0.3) is 0 Å². The van der Waals surface area contributed by atoms with Gasteiger partial charge in [0, 0.05) is 11.8 Å². The second-order valence-corrected chi connectivity index (χ2v) is 6.25. The summed E-state index contributed by atoms with van der Waals surface area (Å²) in [7, 11) is 1.65. The molecule has 0 saturated carbocycles. The van der Waals surface area contributed by atoms with Crippen molar-refractivity contribution in [3.63, 3.8) is 0 Å². The summed E-state index contributed by atoms with van der Waals surface area (Å²) >= 11 is 1.49. The van der Waals surface area contributed by atoms with Crippen molar-refractivity contribution in [1.29, 1.82) is 0 Å². The van der Waals surface area contributed by atoms with Gasteiger partial charge in [-0.05, 0) is 37.4 Å². The van der Waals surface area contributed by atoms with E-state index in [0.717, 1.165) is 34.0 Å². The van der Waals surface area contributed by atoms with Crippen LogP contribution in [-0.2, 0) is 0 Å². The molecule has 0 spiro atoms. The van der Waals surface area contributed by atoms with E-state index in [9.17, 15) is 0 Å². The molecule has 2 aromatic heterocycles. The van der Waals surface area contributed by atoms with Crippen molar-refractivity contribution in [1.82, 2.24) is 20.2 Å². The Bertz CT molecular complexity index is 964. The number of ether oxygens (including phenoxy) is 1. The Morgan fingerprint density at radius 1 is 1.12 bits per heavy atom. The first-order valence-corrected chi connectivity index (χ1v) is 8.88. The number of anilines is 2. The number of nitrogens with one attached hydrogen (secondary N) is 2. The van der Waals surface area contributed by atoms with Crippen LogP contribution in [0.3, 0.4) is 0 Å². The molecule has 8 heteroatoms. The summed E-state index contributed by atoms with van der Waals surface area (Å²) in [6.07, 6.45) is 3.75. The van der Waals surface area contributed by atoms with E-state index >= 15 is 0 Å². The lowest BCUT2D eigenvalue weighted by atomic mass is 10.0. The van der Waals surface area contributed by atoms with Gasteiger partial charge in [0.2, 0.25) is 0 Å². The van der Waals surface area contributed by atoms with Crippen LogP contribution in [0.1, 0.15) is 16.8 Å². The quantitative estimate of drug-likeness (QED) is 0.434. The molecule has 3 aromatic rings. The highest BCUT2D eigenvalue weighted by Gasteiger charge is 2.23. The number of thioether (sulfide) groups is 1. The maximum Gasteiger partial charge on any atom is 0.189 e. The van der Waals surface area contributed by atoms with E-state index < -0.39 is 0 Å². The Labute approximate surface area is 149 Å². The van der Waals surface area contributed by atoms with Crippen LogP contribution in [0.5, 0.6) is 5.75 Å². The summed E-state index contributed by atoms with van der Waals surface area (Å²) in [4.78, 5) is 13.9. The summed E-state index contributed by atoms with van der Waals surface area (Å²) in [5.74, 6) is 2.15. The molecule has 0 amide bonds. The van der Waals surface area contributed by atoms with E-state index in [1.54, 1.807) is 13.3 Å². The van der Waals surface area contributed by atoms with Crippen LogP contribution in [0.15, 0.2) is 40.6 Å². The number of hydrogen-bond acceptors (Lipinski definition) is 7. The molecule has 0 atom stereocenters. The molecule has 126 valence electrons. The van der Waals surface area contributed by atoms with Gasteiger partial charge in [-0.25, -0.2) is 15.0 Å². The molecule has 0 radical (unpaired) electrons. The molecule has 25 heavy (non-hydrogen) atoms. The fourth-order valence-electron chi connectivity index (χ4n) is 2.63. The number of methoxy groups -OCH3 is 1. The normalized spacial score (nSPS) is 12.5. The number of aryl methyl sites for hydroxylation is 1. The minimum absolute atomic E-state index is 0.660. The van der Waals surface area contributed by atoms with Gasteiger partial charge >= 0.3 is 0 Å². The van der Waals surface area contributed by atoms with Gasteiger partial charge in [-0.2, -0.15) is 5.10 Å². The van der Waals surface area contributed by atoms with Crippen molar-refractivity contribution in [3.8, 4) is 5.75 Å². The van der Waals surface area contributed by atoms with Gasteiger partial charge in [-0.1, -0.05) is 11.8 Å².